The van der Waals surface area contributed by atoms with Crippen LogP contribution in [0.4, 0.5) is 0 Å². The molecule has 0 amide bonds. The van der Waals surface area contributed by atoms with Gasteiger partial charge in [0.25, 0.3) is 0 Å². The van der Waals surface area contributed by atoms with Gasteiger partial charge in [-0.15, -0.1) is 0 Å². The molecule has 1 aliphatic rings. The van der Waals surface area contributed by atoms with Crippen LogP contribution in [0.3, 0.4) is 0 Å². The fourth-order valence-corrected chi connectivity index (χ4v) is 3.19. The van der Waals surface area contributed by atoms with Crippen LogP contribution in [0.1, 0.15) is 37.4 Å². The molecule has 2 N–H and O–H groups in total. The predicted octanol–water partition coefficient (Wildman–Crippen LogP) is 2.39. The van der Waals surface area contributed by atoms with E-state index in [4.69, 9.17) is 10.3 Å². The Morgan fingerprint density at radius 2 is 2.05 bits per heavy atom. The first kappa shape index (κ1) is 13.5. The third-order valence-corrected chi connectivity index (χ3v) is 4.50. The summed E-state index contributed by atoms with van der Waals surface area (Å²) in [6.07, 6.45) is 6.70. The number of hydrogen-bond acceptors (Lipinski definition) is 5. The standard InChI is InChI=1S/C16H19N5O/c17-16(8-3-4-9-16)15-19-14(22-20-15)7-10-21-11-18-12-5-1-2-6-13(12)21/h1-2,5-6,11H,3-4,7-10,17H2. The molecule has 4 rings (SSSR count). The lowest BCUT2D eigenvalue weighted by Gasteiger charge is -2.17. The van der Waals surface area contributed by atoms with Crippen LogP contribution in [0, 0.1) is 0 Å². The molecule has 0 aliphatic heterocycles. The second-order valence-corrected chi connectivity index (χ2v) is 6.05. The monoisotopic (exact) mass is 297 g/mol. The fraction of sp³-hybridized carbons (Fsp3) is 0.438. The Kier molecular flexibility index (Phi) is 3.18. The van der Waals surface area contributed by atoms with Crippen molar-refractivity contribution in [3.8, 4) is 0 Å². The molecule has 6 nitrogen and oxygen atoms in total. The predicted molar refractivity (Wildman–Crippen MR) is 82.1 cm³/mol. The summed E-state index contributed by atoms with van der Waals surface area (Å²) in [7, 11) is 0. The molecule has 0 unspecified atom stereocenters. The first-order valence-electron chi connectivity index (χ1n) is 7.76. The van der Waals surface area contributed by atoms with Crippen molar-refractivity contribution in [2.24, 2.45) is 5.73 Å². The van der Waals surface area contributed by atoms with E-state index in [-0.39, 0.29) is 5.54 Å². The largest absolute Gasteiger partial charge is 0.339 e. The smallest absolute Gasteiger partial charge is 0.228 e. The minimum atomic E-state index is -0.385. The molecular weight excluding hydrogens is 278 g/mol. The van der Waals surface area contributed by atoms with Gasteiger partial charge in [0.1, 0.15) is 0 Å². The van der Waals surface area contributed by atoms with Crippen LogP contribution in [0.25, 0.3) is 11.0 Å². The van der Waals surface area contributed by atoms with E-state index >= 15 is 0 Å². The Hall–Kier alpha value is -2.21. The van der Waals surface area contributed by atoms with Crippen LogP contribution < -0.4 is 5.73 Å². The van der Waals surface area contributed by atoms with E-state index < -0.39 is 0 Å². The summed E-state index contributed by atoms with van der Waals surface area (Å²) in [6.45, 7) is 0.764. The lowest BCUT2D eigenvalue weighted by atomic mass is 9.99. The fourth-order valence-electron chi connectivity index (χ4n) is 3.19. The zero-order chi connectivity index (χ0) is 15.0. The lowest BCUT2D eigenvalue weighted by Crippen LogP contribution is -2.34. The summed E-state index contributed by atoms with van der Waals surface area (Å²) in [5.41, 5.74) is 8.09. The van der Waals surface area contributed by atoms with Crippen LogP contribution in [0.15, 0.2) is 35.1 Å². The second kappa shape index (κ2) is 5.21. The average molecular weight is 297 g/mol. The first-order chi connectivity index (χ1) is 10.7. The van der Waals surface area contributed by atoms with E-state index in [1.807, 2.05) is 24.5 Å². The molecule has 1 saturated carbocycles. The van der Waals surface area contributed by atoms with Gasteiger partial charge in [0, 0.05) is 13.0 Å². The molecule has 2 aromatic heterocycles. The van der Waals surface area contributed by atoms with Crippen LogP contribution in [0.5, 0.6) is 0 Å². The van der Waals surface area contributed by atoms with E-state index in [1.165, 1.54) is 0 Å². The molecule has 3 aromatic rings. The number of rotatable bonds is 4. The van der Waals surface area contributed by atoms with E-state index in [1.54, 1.807) is 0 Å². The highest BCUT2D eigenvalue weighted by atomic mass is 16.5. The maximum atomic E-state index is 6.36. The molecule has 6 heteroatoms. The Morgan fingerprint density at radius 1 is 1.23 bits per heavy atom. The maximum Gasteiger partial charge on any atom is 0.228 e. The van der Waals surface area contributed by atoms with Crippen molar-refractivity contribution in [1.82, 2.24) is 19.7 Å². The molecule has 2 heterocycles. The molecule has 1 aromatic carbocycles. The van der Waals surface area contributed by atoms with Crippen LogP contribution in [-0.2, 0) is 18.5 Å². The number of nitrogens with zero attached hydrogens (tertiary/aromatic N) is 4. The third kappa shape index (κ3) is 2.29. The summed E-state index contributed by atoms with van der Waals surface area (Å²) in [5, 5.41) is 4.10. The summed E-state index contributed by atoms with van der Waals surface area (Å²) >= 11 is 0. The highest BCUT2D eigenvalue weighted by molar-refractivity contribution is 5.74. The van der Waals surface area contributed by atoms with Gasteiger partial charge in [-0.25, -0.2) is 4.98 Å². The van der Waals surface area contributed by atoms with Gasteiger partial charge in [0.05, 0.1) is 22.9 Å². The molecule has 0 radical (unpaired) electrons. The normalized spacial score (nSPS) is 17.3. The zero-order valence-electron chi connectivity index (χ0n) is 12.4. The summed E-state index contributed by atoms with van der Waals surface area (Å²) in [5.74, 6) is 1.31. The van der Waals surface area contributed by atoms with Crippen molar-refractivity contribution < 1.29 is 4.52 Å². The van der Waals surface area contributed by atoms with Gasteiger partial charge in [0.2, 0.25) is 5.89 Å². The maximum absolute atomic E-state index is 6.36. The molecule has 0 bridgehead atoms. The highest BCUT2D eigenvalue weighted by Crippen LogP contribution is 2.34. The molecular formula is C16H19N5O. The number of aryl methyl sites for hydroxylation is 2. The molecule has 114 valence electrons. The topological polar surface area (TPSA) is 82.8 Å². The van der Waals surface area contributed by atoms with Crippen molar-refractivity contribution in [3.05, 3.63) is 42.3 Å². The molecule has 0 spiro atoms. The van der Waals surface area contributed by atoms with Crippen molar-refractivity contribution >= 4 is 11.0 Å². The van der Waals surface area contributed by atoms with Gasteiger partial charge in [-0.1, -0.05) is 30.1 Å². The Balaban J connectivity index is 1.49. The van der Waals surface area contributed by atoms with Crippen LogP contribution in [-0.4, -0.2) is 19.7 Å². The molecule has 1 aliphatic carbocycles. The Bertz CT molecular complexity index is 785. The van der Waals surface area contributed by atoms with Gasteiger partial charge in [-0.3, -0.25) is 0 Å². The van der Waals surface area contributed by atoms with Crippen molar-refractivity contribution in [3.63, 3.8) is 0 Å². The van der Waals surface area contributed by atoms with Crippen molar-refractivity contribution in [2.75, 3.05) is 0 Å². The third-order valence-electron chi connectivity index (χ3n) is 4.50. The Labute approximate surface area is 128 Å². The zero-order valence-corrected chi connectivity index (χ0v) is 12.4. The van der Waals surface area contributed by atoms with E-state index in [9.17, 15) is 0 Å². The summed E-state index contributed by atoms with van der Waals surface area (Å²) < 4.78 is 7.48. The van der Waals surface area contributed by atoms with E-state index in [2.05, 4.69) is 25.8 Å². The average Bonchev–Trinajstić information content (AvgIpc) is 3.25. The molecule has 1 fully saturated rings. The molecule has 0 atom stereocenters. The number of hydrogen-bond donors (Lipinski definition) is 1. The van der Waals surface area contributed by atoms with Gasteiger partial charge in [-0.2, -0.15) is 4.98 Å². The van der Waals surface area contributed by atoms with Crippen molar-refractivity contribution in [2.45, 2.75) is 44.2 Å². The minimum absolute atomic E-state index is 0.385. The highest BCUT2D eigenvalue weighted by Gasteiger charge is 2.35. The quantitative estimate of drug-likeness (QED) is 0.799. The number of nitrogens with two attached hydrogens (primary N) is 1. The first-order valence-corrected chi connectivity index (χ1v) is 7.76. The van der Waals surface area contributed by atoms with E-state index in [0.29, 0.717) is 18.1 Å². The van der Waals surface area contributed by atoms with Crippen LogP contribution in [0.2, 0.25) is 0 Å². The second-order valence-electron chi connectivity index (χ2n) is 6.05. The number of fused-ring (bicyclic) bond motifs is 1. The van der Waals surface area contributed by atoms with Gasteiger partial charge < -0.3 is 14.8 Å². The summed E-state index contributed by atoms with van der Waals surface area (Å²) in [6, 6.07) is 8.08. The number of aromatic nitrogens is 4. The van der Waals surface area contributed by atoms with Gasteiger partial charge >= 0.3 is 0 Å². The molecule has 22 heavy (non-hydrogen) atoms. The van der Waals surface area contributed by atoms with Gasteiger partial charge in [0.15, 0.2) is 5.82 Å². The summed E-state index contributed by atoms with van der Waals surface area (Å²) in [4.78, 5) is 8.89. The SMILES string of the molecule is NC1(c2noc(CCn3cnc4ccccc43)n2)CCCC1. The minimum Gasteiger partial charge on any atom is -0.339 e. The van der Waals surface area contributed by atoms with Crippen LogP contribution >= 0.6 is 0 Å². The van der Waals surface area contributed by atoms with Crippen molar-refractivity contribution in [1.29, 1.82) is 0 Å². The Morgan fingerprint density at radius 3 is 2.91 bits per heavy atom. The number of imidazole rings is 1. The molecule has 0 saturated heterocycles. The number of para-hydroxylation sites is 2. The van der Waals surface area contributed by atoms with Gasteiger partial charge in [-0.05, 0) is 25.0 Å². The lowest BCUT2D eigenvalue weighted by molar-refractivity contribution is 0.345. The number of benzene rings is 1. The van der Waals surface area contributed by atoms with E-state index in [0.717, 1.165) is 43.3 Å².